The predicted molar refractivity (Wildman–Crippen MR) is 116 cm³/mol. The van der Waals surface area contributed by atoms with E-state index in [1.807, 2.05) is 49.4 Å². The zero-order valence-electron chi connectivity index (χ0n) is 15.6. The molecule has 0 aliphatic heterocycles. The number of thioether (sulfide) groups is 1. The molecule has 0 bridgehead atoms. The largest absolute Gasteiger partial charge is 0.382 e. The topological polar surface area (TPSA) is 93.4 Å². The number of benzene rings is 2. The molecule has 2 aromatic heterocycles. The van der Waals surface area contributed by atoms with Crippen LogP contribution in [0.2, 0.25) is 5.02 Å². The summed E-state index contributed by atoms with van der Waals surface area (Å²) in [5.74, 6) is 1.07. The second-order valence-corrected chi connectivity index (χ2v) is 8.24. The van der Waals surface area contributed by atoms with Gasteiger partial charge < -0.3 is 10.3 Å². The Labute approximate surface area is 177 Å². The third-order valence-corrected chi connectivity index (χ3v) is 5.69. The number of anilines is 1. The van der Waals surface area contributed by atoms with Gasteiger partial charge in [-0.2, -0.15) is 5.26 Å². The number of nitriles is 1. The number of nitrogens with zero attached hydrogens (tertiary/aromatic N) is 5. The fourth-order valence-electron chi connectivity index (χ4n) is 3.10. The second-order valence-electron chi connectivity index (χ2n) is 6.50. The fraction of sp³-hybridized carbons (Fsp3) is 0.143. The highest BCUT2D eigenvalue weighted by atomic mass is 35.5. The van der Waals surface area contributed by atoms with Gasteiger partial charge in [0.15, 0.2) is 5.16 Å². The van der Waals surface area contributed by atoms with Gasteiger partial charge in [0, 0.05) is 11.6 Å². The molecular formula is C21H17ClN6S. The summed E-state index contributed by atoms with van der Waals surface area (Å²) in [6.45, 7) is 2.74. The number of nitrogens with two attached hydrogens (primary N) is 1. The number of nitrogen functional groups attached to an aromatic ring is 1. The maximum absolute atomic E-state index is 9.01. The first-order chi connectivity index (χ1) is 14.0. The van der Waals surface area contributed by atoms with Crippen molar-refractivity contribution < 1.29 is 0 Å². The highest BCUT2D eigenvalue weighted by Gasteiger charge is 2.20. The zero-order chi connectivity index (χ0) is 20.4. The average molecular weight is 421 g/mol. The summed E-state index contributed by atoms with van der Waals surface area (Å²) in [6, 6.07) is 17.9. The standard InChI is InChI=1S/C21H17ClN6S/c1-13(29-21-25-11-15(10-23)19(24)27-21)20-26-17-9-16(22)7-8-18(17)28(20)12-14-5-3-2-4-6-14/h2-9,11,13H,12H2,1H3,(H2,24,25,27)/t13-/m1/s1. The number of fused-ring (bicyclic) bond motifs is 1. The quantitative estimate of drug-likeness (QED) is 0.367. The normalized spacial score (nSPS) is 12.0. The van der Waals surface area contributed by atoms with E-state index in [9.17, 15) is 0 Å². The molecule has 0 fully saturated rings. The first-order valence-electron chi connectivity index (χ1n) is 8.94. The van der Waals surface area contributed by atoms with E-state index in [0.29, 0.717) is 16.7 Å². The summed E-state index contributed by atoms with van der Waals surface area (Å²) in [5, 5.41) is 10.1. The number of halogens is 1. The van der Waals surface area contributed by atoms with Crippen molar-refractivity contribution in [1.82, 2.24) is 19.5 Å². The smallest absolute Gasteiger partial charge is 0.190 e. The molecule has 0 unspecified atom stereocenters. The van der Waals surface area contributed by atoms with Crippen LogP contribution in [0.15, 0.2) is 59.9 Å². The number of rotatable bonds is 5. The Morgan fingerprint density at radius 3 is 2.72 bits per heavy atom. The monoisotopic (exact) mass is 420 g/mol. The molecular weight excluding hydrogens is 404 g/mol. The lowest BCUT2D eigenvalue weighted by atomic mass is 10.2. The summed E-state index contributed by atoms with van der Waals surface area (Å²) in [4.78, 5) is 13.3. The molecule has 6 nitrogen and oxygen atoms in total. The molecule has 144 valence electrons. The molecule has 29 heavy (non-hydrogen) atoms. The highest BCUT2D eigenvalue weighted by Crippen LogP contribution is 2.35. The van der Waals surface area contributed by atoms with Crippen molar-refractivity contribution in [2.75, 3.05) is 5.73 Å². The fourth-order valence-corrected chi connectivity index (χ4v) is 4.13. The van der Waals surface area contributed by atoms with E-state index in [2.05, 4.69) is 26.7 Å². The maximum atomic E-state index is 9.01. The third-order valence-electron chi connectivity index (χ3n) is 4.49. The Balaban J connectivity index is 1.72. The third kappa shape index (κ3) is 4.04. The minimum atomic E-state index is -0.0442. The van der Waals surface area contributed by atoms with Crippen molar-refractivity contribution in [3.63, 3.8) is 0 Å². The summed E-state index contributed by atoms with van der Waals surface area (Å²) in [7, 11) is 0. The number of hydrogen-bond acceptors (Lipinski definition) is 6. The van der Waals surface area contributed by atoms with Crippen LogP contribution in [0.4, 0.5) is 5.82 Å². The van der Waals surface area contributed by atoms with Gasteiger partial charge in [0.25, 0.3) is 0 Å². The van der Waals surface area contributed by atoms with Crippen LogP contribution in [0.3, 0.4) is 0 Å². The molecule has 8 heteroatoms. The van der Waals surface area contributed by atoms with Gasteiger partial charge in [0.2, 0.25) is 0 Å². The van der Waals surface area contributed by atoms with Crippen molar-refractivity contribution in [2.24, 2.45) is 0 Å². The van der Waals surface area contributed by atoms with Crippen LogP contribution < -0.4 is 5.73 Å². The minimum absolute atomic E-state index is 0.0442. The van der Waals surface area contributed by atoms with Crippen molar-refractivity contribution in [1.29, 1.82) is 5.26 Å². The van der Waals surface area contributed by atoms with Gasteiger partial charge >= 0.3 is 0 Å². The van der Waals surface area contributed by atoms with Gasteiger partial charge in [-0.1, -0.05) is 53.7 Å². The van der Waals surface area contributed by atoms with Crippen LogP contribution in [-0.4, -0.2) is 19.5 Å². The Bertz CT molecular complexity index is 1220. The van der Waals surface area contributed by atoms with Crippen LogP contribution >= 0.6 is 23.4 Å². The van der Waals surface area contributed by atoms with Crippen molar-refractivity contribution in [3.05, 3.63) is 76.7 Å². The maximum Gasteiger partial charge on any atom is 0.190 e. The first kappa shape index (κ1) is 19.2. The summed E-state index contributed by atoms with van der Waals surface area (Å²) in [6.07, 6.45) is 1.45. The Morgan fingerprint density at radius 2 is 2.00 bits per heavy atom. The van der Waals surface area contributed by atoms with E-state index in [0.717, 1.165) is 16.9 Å². The highest BCUT2D eigenvalue weighted by molar-refractivity contribution is 7.99. The minimum Gasteiger partial charge on any atom is -0.382 e. The van der Waals surface area contributed by atoms with Gasteiger partial charge in [-0.15, -0.1) is 0 Å². The molecule has 0 amide bonds. The van der Waals surface area contributed by atoms with E-state index < -0.39 is 0 Å². The summed E-state index contributed by atoms with van der Waals surface area (Å²) in [5.41, 5.74) is 9.14. The lowest BCUT2D eigenvalue weighted by Gasteiger charge is -2.14. The van der Waals surface area contributed by atoms with Crippen molar-refractivity contribution >= 4 is 40.2 Å². The van der Waals surface area contributed by atoms with Crippen LogP contribution in [0.5, 0.6) is 0 Å². The van der Waals surface area contributed by atoms with E-state index >= 15 is 0 Å². The molecule has 1 atom stereocenters. The molecule has 0 saturated heterocycles. The number of hydrogen-bond donors (Lipinski definition) is 1. The van der Waals surface area contributed by atoms with Gasteiger partial charge in [0.05, 0.1) is 22.5 Å². The van der Waals surface area contributed by atoms with E-state index in [-0.39, 0.29) is 16.6 Å². The van der Waals surface area contributed by atoms with Crippen LogP contribution in [0.1, 0.15) is 29.1 Å². The summed E-state index contributed by atoms with van der Waals surface area (Å²) >= 11 is 7.63. The van der Waals surface area contributed by atoms with E-state index in [1.54, 1.807) is 0 Å². The molecule has 4 aromatic rings. The molecule has 0 saturated carbocycles. The van der Waals surface area contributed by atoms with Crippen LogP contribution in [0.25, 0.3) is 11.0 Å². The summed E-state index contributed by atoms with van der Waals surface area (Å²) < 4.78 is 2.19. The number of aromatic nitrogens is 4. The SMILES string of the molecule is C[C@@H](Sc1ncc(C#N)c(N)n1)c1nc2cc(Cl)ccc2n1Cc1ccccc1. The lowest BCUT2D eigenvalue weighted by molar-refractivity contribution is 0.744. The van der Waals surface area contributed by atoms with Gasteiger partial charge in [-0.25, -0.2) is 15.0 Å². The Kier molecular flexibility index (Phi) is 5.38. The Hall–Kier alpha value is -3.08. The predicted octanol–water partition coefficient (Wildman–Crippen LogP) is 4.84. The van der Waals surface area contributed by atoms with Gasteiger partial charge in [-0.3, -0.25) is 0 Å². The molecule has 0 aliphatic rings. The Morgan fingerprint density at radius 1 is 1.21 bits per heavy atom. The molecule has 4 rings (SSSR count). The van der Waals surface area contributed by atoms with Gasteiger partial charge in [0.1, 0.15) is 23.3 Å². The average Bonchev–Trinajstić information content (AvgIpc) is 3.06. The second kappa shape index (κ2) is 8.11. The zero-order valence-corrected chi connectivity index (χ0v) is 17.2. The molecule has 2 N–H and O–H groups in total. The first-order valence-corrected chi connectivity index (χ1v) is 10.2. The van der Waals surface area contributed by atoms with Crippen LogP contribution in [-0.2, 0) is 6.54 Å². The molecule has 2 heterocycles. The van der Waals surface area contributed by atoms with E-state index in [1.165, 1.54) is 23.5 Å². The van der Waals surface area contributed by atoms with Crippen molar-refractivity contribution in [3.8, 4) is 6.07 Å². The number of imidazole rings is 1. The molecule has 0 radical (unpaired) electrons. The lowest BCUT2D eigenvalue weighted by Crippen LogP contribution is -2.07. The molecule has 0 spiro atoms. The van der Waals surface area contributed by atoms with E-state index in [4.69, 9.17) is 27.6 Å². The molecule has 2 aromatic carbocycles. The van der Waals surface area contributed by atoms with Crippen LogP contribution in [0, 0.1) is 11.3 Å². The molecule has 0 aliphatic carbocycles. The van der Waals surface area contributed by atoms with Crippen molar-refractivity contribution in [2.45, 2.75) is 23.9 Å². The van der Waals surface area contributed by atoms with Gasteiger partial charge in [-0.05, 0) is 30.7 Å².